The van der Waals surface area contributed by atoms with Crippen LogP contribution in [0.25, 0.3) is 0 Å². The maximum Gasteiger partial charge on any atom is 0.222 e. The smallest absolute Gasteiger partial charge is 0.222 e. The number of benzene rings is 1. The Labute approximate surface area is 155 Å². The molecule has 2 atom stereocenters. The van der Waals surface area contributed by atoms with Crippen LogP contribution >= 0.6 is 0 Å². The summed E-state index contributed by atoms with van der Waals surface area (Å²) >= 11 is 0. The number of carbonyl (C=O) groups is 1. The molecule has 1 N–H and O–H groups in total. The van der Waals surface area contributed by atoms with E-state index in [1.807, 2.05) is 4.90 Å². The van der Waals surface area contributed by atoms with Crippen molar-refractivity contribution in [3.05, 3.63) is 24.0 Å². The lowest BCUT2D eigenvalue weighted by Gasteiger charge is -2.37. The van der Waals surface area contributed by atoms with Gasteiger partial charge in [-0.15, -0.1) is 0 Å². The molecule has 2 aliphatic heterocycles. The van der Waals surface area contributed by atoms with Gasteiger partial charge in [0.15, 0.2) is 0 Å². The minimum atomic E-state index is -0.300. The number of nitrogens with zero attached hydrogens (tertiary/aromatic N) is 2. The molecule has 1 amide bonds. The number of ether oxygens (including phenoxy) is 1. The van der Waals surface area contributed by atoms with E-state index in [4.69, 9.17) is 4.74 Å². The van der Waals surface area contributed by atoms with E-state index in [1.165, 1.54) is 25.0 Å². The first-order valence-electron chi connectivity index (χ1n) is 9.65. The predicted molar refractivity (Wildman–Crippen MR) is 101 cm³/mol. The van der Waals surface area contributed by atoms with Gasteiger partial charge in [0.25, 0.3) is 0 Å². The van der Waals surface area contributed by atoms with E-state index in [2.05, 4.69) is 17.1 Å². The minimum absolute atomic E-state index is 0.258. The Morgan fingerprint density at radius 3 is 2.77 bits per heavy atom. The van der Waals surface area contributed by atoms with Crippen molar-refractivity contribution in [3.8, 4) is 5.75 Å². The van der Waals surface area contributed by atoms with Gasteiger partial charge in [0.05, 0.1) is 12.8 Å². The first-order chi connectivity index (χ1) is 12.6. The third kappa shape index (κ3) is 4.47. The van der Waals surface area contributed by atoms with Gasteiger partial charge in [-0.05, 0) is 49.9 Å². The summed E-state index contributed by atoms with van der Waals surface area (Å²) in [7, 11) is 1.56. The van der Waals surface area contributed by atoms with Crippen LogP contribution in [-0.4, -0.2) is 57.2 Å². The second-order valence-electron chi connectivity index (χ2n) is 7.47. The summed E-state index contributed by atoms with van der Waals surface area (Å²) in [5.41, 5.74) is 0.891. The van der Waals surface area contributed by atoms with E-state index in [1.54, 1.807) is 13.2 Å². The molecule has 0 radical (unpaired) electrons. The van der Waals surface area contributed by atoms with Crippen LogP contribution in [0.2, 0.25) is 0 Å². The van der Waals surface area contributed by atoms with Gasteiger partial charge in [0, 0.05) is 38.7 Å². The first-order valence-corrected chi connectivity index (χ1v) is 9.65. The highest BCUT2D eigenvalue weighted by Crippen LogP contribution is 2.30. The van der Waals surface area contributed by atoms with Crippen LogP contribution in [0.5, 0.6) is 5.75 Å². The van der Waals surface area contributed by atoms with Crippen molar-refractivity contribution in [2.45, 2.75) is 26.2 Å². The zero-order chi connectivity index (χ0) is 18.5. The standard InChI is InChI=1S/C20H30FN3O2/c1-15(16-4-3-7-22-14-16)12-20(25)24-10-8-23(9-11-24)18-6-5-17(21)13-19(18)26-2/h5-6,13,15-16,22H,3-4,7-12,14H2,1-2H3. The number of amides is 1. The predicted octanol–water partition coefficient (Wildman–Crippen LogP) is 2.51. The number of hydrogen-bond acceptors (Lipinski definition) is 4. The molecule has 3 rings (SSSR count). The molecule has 6 heteroatoms. The highest BCUT2D eigenvalue weighted by Gasteiger charge is 2.27. The summed E-state index contributed by atoms with van der Waals surface area (Å²) < 4.78 is 18.7. The Morgan fingerprint density at radius 2 is 2.12 bits per heavy atom. The summed E-state index contributed by atoms with van der Waals surface area (Å²) in [6, 6.07) is 4.62. The summed E-state index contributed by atoms with van der Waals surface area (Å²) in [6.45, 7) is 7.23. The quantitative estimate of drug-likeness (QED) is 0.873. The molecular weight excluding hydrogens is 333 g/mol. The monoisotopic (exact) mass is 363 g/mol. The fraction of sp³-hybridized carbons (Fsp3) is 0.650. The lowest BCUT2D eigenvalue weighted by atomic mass is 9.85. The van der Waals surface area contributed by atoms with Crippen LogP contribution in [0, 0.1) is 17.7 Å². The van der Waals surface area contributed by atoms with Crippen LogP contribution in [0.3, 0.4) is 0 Å². The van der Waals surface area contributed by atoms with Gasteiger partial charge in [-0.25, -0.2) is 4.39 Å². The molecule has 0 aromatic heterocycles. The van der Waals surface area contributed by atoms with Crippen LogP contribution < -0.4 is 15.0 Å². The molecular formula is C20H30FN3O2. The number of methoxy groups -OCH3 is 1. The van der Waals surface area contributed by atoms with Gasteiger partial charge in [-0.3, -0.25) is 4.79 Å². The molecule has 2 unspecified atom stereocenters. The van der Waals surface area contributed by atoms with Crippen molar-refractivity contribution in [1.29, 1.82) is 0 Å². The molecule has 0 saturated carbocycles. The third-order valence-corrected chi connectivity index (χ3v) is 5.75. The van der Waals surface area contributed by atoms with E-state index in [-0.39, 0.29) is 11.7 Å². The maximum atomic E-state index is 13.4. The van der Waals surface area contributed by atoms with E-state index in [0.29, 0.717) is 37.1 Å². The Bertz CT molecular complexity index is 611. The first kappa shape index (κ1) is 19.0. The third-order valence-electron chi connectivity index (χ3n) is 5.75. The highest BCUT2D eigenvalue weighted by atomic mass is 19.1. The van der Waals surface area contributed by atoms with Crippen molar-refractivity contribution in [2.75, 3.05) is 51.3 Å². The molecule has 0 bridgehead atoms. The fourth-order valence-electron chi connectivity index (χ4n) is 4.05. The van der Waals surface area contributed by atoms with E-state index >= 15 is 0 Å². The molecule has 2 fully saturated rings. The number of piperazine rings is 1. The molecule has 1 aromatic rings. The highest BCUT2D eigenvalue weighted by molar-refractivity contribution is 5.77. The SMILES string of the molecule is COc1cc(F)ccc1N1CCN(C(=O)CC(C)C2CCCNC2)CC1. The van der Waals surface area contributed by atoms with Crippen LogP contribution in [0.4, 0.5) is 10.1 Å². The lowest BCUT2D eigenvalue weighted by Crippen LogP contribution is -2.49. The largest absolute Gasteiger partial charge is 0.494 e. The molecule has 1 aromatic carbocycles. The Morgan fingerprint density at radius 1 is 1.35 bits per heavy atom. The summed E-state index contributed by atoms with van der Waals surface area (Å²) in [5, 5.41) is 3.44. The number of carbonyl (C=O) groups excluding carboxylic acids is 1. The Hall–Kier alpha value is -1.82. The van der Waals surface area contributed by atoms with Crippen molar-refractivity contribution in [3.63, 3.8) is 0 Å². The number of hydrogen-bond donors (Lipinski definition) is 1. The van der Waals surface area contributed by atoms with Gasteiger partial charge in [-0.2, -0.15) is 0 Å². The average molecular weight is 363 g/mol. The normalized spacial score (nSPS) is 22.2. The number of piperidine rings is 1. The minimum Gasteiger partial charge on any atom is -0.494 e. The number of rotatable bonds is 5. The van der Waals surface area contributed by atoms with Gasteiger partial charge in [0.2, 0.25) is 5.91 Å². The maximum absolute atomic E-state index is 13.4. The Balaban J connectivity index is 1.52. The van der Waals surface area contributed by atoms with E-state index in [9.17, 15) is 9.18 Å². The summed E-state index contributed by atoms with van der Waals surface area (Å²) in [4.78, 5) is 16.8. The molecule has 0 aliphatic carbocycles. The number of anilines is 1. The van der Waals surface area contributed by atoms with Gasteiger partial charge in [0.1, 0.15) is 11.6 Å². The van der Waals surface area contributed by atoms with Gasteiger partial charge >= 0.3 is 0 Å². The average Bonchev–Trinajstić information content (AvgIpc) is 2.68. The van der Waals surface area contributed by atoms with Gasteiger partial charge in [-0.1, -0.05) is 6.92 Å². The zero-order valence-electron chi connectivity index (χ0n) is 15.8. The summed E-state index contributed by atoms with van der Waals surface area (Å²) in [5.74, 6) is 1.53. The van der Waals surface area contributed by atoms with Gasteiger partial charge < -0.3 is 19.9 Å². The molecule has 2 heterocycles. The van der Waals surface area contributed by atoms with E-state index < -0.39 is 0 Å². The second-order valence-corrected chi connectivity index (χ2v) is 7.47. The molecule has 2 aliphatic rings. The van der Waals surface area contributed by atoms with Crippen molar-refractivity contribution < 1.29 is 13.9 Å². The van der Waals surface area contributed by atoms with Crippen LogP contribution in [0.1, 0.15) is 26.2 Å². The lowest BCUT2D eigenvalue weighted by molar-refractivity contribution is -0.132. The van der Waals surface area contributed by atoms with Crippen molar-refractivity contribution in [2.24, 2.45) is 11.8 Å². The molecule has 26 heavy (non-hydrogen) atoms. The molecule has 5 nitrogen and oxygen atoms in total. The number of nitrogens with one attached hydrogen (secondary N) is 1. The zero-order valence-corrected chi connectivity index (χ0v) is 15.8. The Kier molecular flexibility index (Phi) is 6.35. The number of halogens is 1. The topological polar surface area (TPSA) is 44.8 Å². The van der Waals surface area contributed by atoms with Crippen molar-refractivity contribution >= 4 is 11.6 Å². The molecule has 2 saturated heterocycles. The summed E-state index contributed by atoms with van der Waals surface area (Å²) in [6.07, 6.45) is 3.06. The molecule has 144 valence electrons. The molecule has 0 spiro atoms. The van der Waals surface area contributed by atoms with E-state index in [0.717, 1.165) is 31.9 Å². The second kappa shape index (κ2) is 8.71. The van der Waals surface area contributed by atoms with Crippen LogP contribution in [0.15, 0.2) is 18.2 Å². The van der Waals surface area contributed by atoms with Crippen molar-refractivity contribution in [1.82, 2.24) is 10.2 Å². The van der Waals surface area contributed by atoms with Crippen LogP contribution in [-0.2, 0) is 4.79 Å². The fourth-order valence-corrected chi connectivity index (χ4v) is 4.05.